The lowest BCUT2D eigenvalue weighted by atomic mass is 9.97. The van der Waals surface area contributed by atoms with Gasteiger partial charge in [0.25, 0.3) is 0 Å². The molecule has 0 spiro atoms. The van der Waals surface area contributed by atoms with Gasteiger partial charge in [-0.25, -0.2) is 0 Å². The maximum Gasteiger partial charge on any atom is 0.236 e. The minimum atomic E-state index is -0.0284. The predicted molar refractivity (Wildman–Crippen MR) is 70.8 cm³/mol. The van der Waals surface area contributed by atoms with Crippen molar-refractivity contribution in [3.8, 4) is 0 Å². The number of carbonyl (C=O) groups excluding carboxylic acids is 1. The molecular formula is C14H22N2O. The molecule has 0 aliphatic carbocycles. The van der Waals surface area contributed by atoms with Gasteiger partial charge in [0.1, 0.15) is 0 Å². The molecule has 0 aliphatic rings. The second-order valence-corrected chi connectivity index (χ2v) is 4.79. The zero-order valence-corrected chi connectivity index (χ0v) is 11.2. The summed E-state index contributed by atoms with van der Waals surface area (Å²) in [6, 6.07) is 6.44. The van der Waals surface area contributed by atoms with E-state index < -0.39 is 0 Å². The third-order valence-corrected chi connectivity index (χ3v) is 3.05. The van der Waals surface area contributed by atoms with Crippen LogP contribution in [0.4, 0.5) is 0 Å². The average Bonchev–Trinajstić information content (AvgIpc) is 2.30. The number of rotatable bonds is 4. The van der Waals surface area contributed by atoms with Gasteiger partial charge in [0.15, 0.2) is 0 Å². The van der Waals surface area contributed by atoms with Gasteiger partial charge < -0.3 is 10.6 Å². The zero-order valence-electron chi connectivity index (χ0n) is 11.2. The highest BCUT2D eigenvalue weighted by Gasteiger charge is 2.10. The van der Waals surface area contributed by atoms with E-state index in [2.05, 4.69) is 39.0 Å². The van der Waals surface area contributed by atoms with Crippen molar-refractivity contribution >= 4 is 5.91 Å². The van der Waals surface area contributed by atoms with Crippen molar-refractivity contribution in [2.75, 3.05) is 13.6 Å². The molecule has 0 atom stereocenters. The van der Waals surface area contributed by atoms with E-state index in [0.717, 1.165) is 0 Å². The van der Waals surface area contributed by atoms with E-state index in [1.54, 1.807) is 11.9 Å². The van der Waals surface area contributed by atoms with Crippen molar-refractivity contribution in [3.63, 3.8) is 0 Å². The van der Waals surface area contributed by atoms with Crippen LogP contribution in [0.3, 0.4) is 0 Å². The summed E-state index contributed by atoms with van der Waals surface area (Å²) in [5.41, 5.74) is 9.07. The molecule has 3 nitrogen and oxygen atoms in total. The van der Waals surface area contributed by atoms with E-state index in [1.807, 2.05) is 0 Å². The first-order valence-corrected chi connectivity index (χ1v) is 5.99. The Labute approximate surface area is 104 Å². The van der Waals surface area contributed by atoms with Crippen molar-refractivity contribution in [2.24, 2.45) is 5.73 Å². The third kappa shape index (κ3) is 3.56. The van der Waals surface area contributed by atoms with Crippen molar-refractivity contribution in [2.45, 2.75) is 33.2 Å². The minimum absolute atomic E-state index is 0.0284. The number of aryl methyl sites for hydroxylation is 1. The summed E-state index contributed by atoms with van der Waals surface area (Å²) in [7, 11) is 1.79. The van der Waals surface area contributed by atoms with E-state index >= 15 is 0 Å². The van der Waals surface area contributed by atoms with Crippen molar-refractivity contribution < 1.29 is 4.79 Å². The molecule has 0 saturated heterocycles. The average molecular weight is 234 g/mol. The van der Waals surface area contributed by atoms with E-state index in [-0.39, 0.29) is 12.5 Å². The van der Waals surface area contributed by atoms with Crippen molar-refractivity contribution in [1.82, 2.24) is 4.90 Å². The van der Waals surface area contributed by atoms with Crippen LogP contribution in [-0.4, -0.2) is 24.4 Å². The van der Waals surface area contributed by atoms with Crippen LogP contribution < -0.4 is 5.73 Å². The number of nitrogens with two attached hydrogens (primary N) is 1. The molecule has 0 aromatic heterocycles. The van der Waals surface area contributed by atoms with Gasteiger partial charge in [0, 0.05) is 13.6 Å². The Bertz CT molecular complexity index is 399. The molecule has 0 saturated carbocycles. The van der Waals surface area contributed by atoms with E-state index in [0.29, 0.717) is 12.5 Å². The number of amides is 1. The van der Waals surface area contributed by atoms with Gasteiger partial charge in [-0.15, -0.1) is 0 Å². The second kappa shape index (κ2) is 5.82. The SMILES string of the molecule is Cc1ccc(C(C)C)cc1CN(C)C(=O)CN. The highest BCUT2D eigenvalue weighted by atomic mass is 16.2. The summed E-state index contributed by atoms with van der Waals surface area (Å²) in [6.07, 6.45) is 0. The second-order valence-electron chi connectivity index (χ2n) is 4.79. The van der Waals surface area contributed by atoms with Crippen LogP contribution in [0.2, 0.25) is 0 Å². The molecule has 1 rings (SSSR count). The standard InChI is InChI=1S/C14H22N2O/c1-10(2)12-6-5-11(3)13(7-12)9-16(4)14(17)8-15/h5-7,10H,8-9,15H2,1-4H3. The Kier molecular flexibility index (Phi) is 4.70. The molecular weight excluding hydrogens is 212 g/mol. The quantitative estimate of drug-likeness (QED) is 0.866. The molecule has 0 heterocycles. The maximum atomic E-state index is 11.4. The Hall–Kier alpha value is -1.35. The molecule has 1 aromatic carbocycles. The topological polar surface area (TPSA) is 46.3 Å². The molecule has 1 amide bonds. The van der Waals surface area contributed by atoms with Gasteiger partial charge in [0.2, 0.25) is 5.91 Å². The van der Waals surface area contributed by atoms with E-state index in [1.165, 1.54) is 16.7 Å². The van der Waals surface area contributed by atoms with Crippen LogP contribution in [0.15, 0.2) is 18.2 Å². The van der Waals surface area contributed by atoms with Gasteiger partial charge >= 0.3 is 0 Å². The third-order valence-electron chi connectivity index (χ3n) is 3.05. The van der Waals surface area contributed by atoms with Gasteiger partial charge in [0.05, 0.1) is 6.54 Å². The molecule has 0 unspecified atom stereocenters. The molecule has 0 aliphatic heterocycles. The Morgan fingerprint density at radius 2 is 2.06 bits per heavy atom. The number of hydrogen-bond donors (Lipinski definition) is 1. The number of nitrogens with zero attached hydrogens (tertiary/aromatic N) is 1. The fourth-order valence-corrected chi connectivity index (χ4v) is 1.72. The largest absolute Gasteiger partial charge is 0.340 e. The summed E-state index contributed by atoms with van der Waals surface area (Å²) >= 11 is 0. The molecule has 0 fully saturated rings. The number of hydrogen-bond acceptors (Lipinski definition) is 2. The van der Waals surface area contributed by atoms with Gasteiger partial charge in [-0.3, -0.25) is 4.79 Å². The first-order chi connectivity index (χ1) is 7.95. The smallest absolute Gasteiger partial charge is 0.236 e. The Balaban J connectivity index is 2.89. The number of carbonyl (C=O) groups is 1. The number of benzene rings is 1. The van der Waals surface area contributed by atoms with E-state index in [4.69, 9.17) is 5.73 Å². The number of likely N-dealkylation sites (N-methyl/N-ethyl adjacent to an activating group) is 1. The van der Waals surface area contributed by atoms with E-state index in [9.17, 15) is 4.79 Å². The Morgan fingerprint density at radius 3 is 2.59 bits per heavy atom. The monoisotopic (exact) mass is 234 g/mol. The summed E-state index contributed by atoms with van der Waals surface area (Å²) < 4.78 is 0. The molecule has 2 N–H and O–H groups in total. The maximum absolute atomic E-state index is 11.4. The summed E-state index contributed by atoms with van der Waals surface area (Å²) in [5, 5.41) is 0. The van der Waals surface area contributed by atoms with Crippen LogP contribution in [0.25, 0.3) is 0 Å². The highest BCUT2D eigenvalue weighted by Crippen LogP contribution is 2.19. The van der Waals surface area contributed by atoms with Crippen LogP contribution in [-0.2, 0) is 11.3 Å². The molecule has 3 heteroatoms. The lowest BCUT2D eigenvalue weighted by Gasteiger charge is -2.19. The summed E-state index contributed by atoms with van der Waals surface area (Å²) in [6.45, 7) is 7.11. The first kappa shape index (κ1) is 13.7. The molecule has 1 aromatic rings. The van der Waals surface area contributed by atoms with Gasteiger partial charge in [-0.2, -0.15) is 0 Å². The van der Waals surface area contributed by atoms with Crippen LogP contribution in [0, 0.1) is 6.92 Å². The minimum Gasteiger partial charge on any atom is -0.340 e. The van der Waals surface area contributed by atoms with Crippen LogP contribution in [0.5, 0.6) is 0 Å². The molecule has 0 radical (unpaired) electrons. The van der Waals surface area contributed by atoms with Crippen LogP contribution >= 0.6 is 0 Å². The fourth-order valence-electron chi connectivity index (χ4n) is 1.72. The lowest BCUT2D eigenvalue weighted by molar-refractivity contribution is -0.128. The molecule has 17 heavy (non-hydrogen) atoms. The summed E-state index contributed by atoms with van der Waals surface area (Å²) in [5.74, 6) is 0.476. The first-order valence-electron chi connectivity index (χ1n) is 5.99. The predicted octanol–water partition coefficient (Wildman–Crippen LogP) is 2.04. The molecule has 0 bridgehead atoms. The normalized spacial score (nSPS) is 10.7. The lowest BCUT2D eigenvalue weighted by Crippen LogP contribution is -2.32. The van der Waals surface area contributed by atoms with Gasteiger partial charge in [-0.1, -0.05) is 32.0 Å². The van der Waals surface area contributed by atoms with Crippen molar-refractivity contribution in [1.29, 1.82) is 0 Å². The fraction of sp³-hybridized carbons (Fsp3) is 0.500. The Morgan fingerprint density at radius 1 is 1.41 bits per heavy atom. The summed E-state index contributed by atoms with van der Waals surface area (Å²) in [4.78, 5) is 13.1. The zero-order chi connectivity index (χ0) is 13.0. The molecule has 94 valence electrons. The van der Waals surface area contributed by atoms with Crippen LogP contribution in [0.1, 0.15) is 36.5 Å². The highest BCUT2D eigenvalue weighted by molar-refractivity contribution is 5.77. The van der Waals surface area contributed by atoms with Gasteiger partial charge in [-0.05, 0) is 29.5 Å². The van der Waals surface area contributed by atoms with Crippen molar-refractivity contribution in [3.05, 3.63) is 34.9 Å².